The van der Waals surface area contributed by atoms with Crippen LogP contribution in [0.15, 0.2) is 35.3 Å². The van der Waals surface area contributed by atoms with Gasteiger partial charge in [-0.1, -0.05) is 6.07 Å². The summed E-state index contributed by atoms with van der Waals surface area (Å²) < 4.78 is 61.1. The first-order valence-corrected chi connectivity index (χ1v) is 11.3. The predicted octanol–water partition coefficient (Wildman–Crippen LogP) is 2.63. The highest BCUT2D eigenvalue weighted by atomic mass is 32.2. The molecule has 0 aliphatic rings. The van der Waals surface area contributed by atoms with Gasteiger partial charge < -0.3 is 16.2 Å². The zero-order valence-electron chi connectivity index (χ0n) is 17.6. The second kappa shape index (κ2) is 9.25. The zero-order chi connectivity index (χ0) is 24.3. The number of carbonyl (C=O) groups is 1. The molecule has 0 aliphatic heterocycles. The number of aromatic nitrogens is 1. The lowest BCUT2D eigenvalue weighted by molar-refractivity contribution is -0.141. The van der Waals surface area contributed by atoms with Gasteiger partial charge in [0.1, 0.15) is 21.2 Å². The van der Waals surface area contributed by atoms with Gasteiger partial charge in [-0.2, -0.15) is 13.2 Å². The molecular weight excluding hydrogens is 449 g/mol. The maximum atomic E-state index is 12.9. The van der Waals surface area contributed by atoms with E-state index in [0.717, 1.165) is 24.5 Å². The quantitative estimate of drug-likeness (QED) is 0.419. The third-order valence-corrected chi connectivity index (χ3v) is 5.15. The Bertz CT molecular complexity index is 1140. The lowest BCUT2D eigenvalue weighted by Gasteiger charge is -2.23. The van der Waals surface area contributed by atoms with Gasteiger partial charge in [-0.05, 0) is 38.1 Å². The van der Waals surface area contributed by atoms with Gasteiger partial charge in [0.25, 0.3) is 5.91 Å². The van der Waals surface area contributed by atoms with Gasteiger partial charge in [0, 0.05) is 35.0 Å². The van der Waals surface area contributed by atoms with Crippen molar-refractivity contribution in [1.82, 2.24) is 4.98 Å². The van der Waals surface area contributed by atoms with Crippen molar-refractivity contribution in [2.45, 2.75) is 25.6 Å². The number of benzene rings is 1. The van der Waals surface area contributed by atoms with E-state index in [2.05, 4.69) is 15.3 Å². The van der Waals surface area contributed by atoms with Crippen LogP contribution in [0.3, 0.4) is 0 Å². The summed E-state index contributed by atoms with van der Waals surface area (Å²) in [5.41, 5.74) is 3.66. The Hall–Kier alpha value is -2.99. The number of anilines is 2. The molecule has 174 valence electrons. The second-order valence-corrected chi connectivity index (χ2v) is 9.87. The van der Waals surface area contributed by atoms with Crippen LogP contribution < -0.4 is 11.1 Å². The fraction of sp³-hybridized carbons (Fsp3) is 0.350. The number of carbonyl (C=O) groups excluding carboxylic acids is 1. The van der Waals surface area contributed by atoms with Crippen LogP contribution >= 0.6 is 0 Å². The summed E-state index contributed by atoms with van der Waals surface area (Å²) in [6, 6.07) is 5.71. The van der Waals surface area contributed by atoms with E-state index in [4.69, 9.17) is 5.73 Å². The normalized spacial score (nSPS) is 12.8. The molecule has 12 heteroatoms. The van der Waals surface area contributed by atoms with E-state index in [1.807, 2.05) is 0 Å². The lowest BCUT2D eigenvalue weighted by Crippen LogP contribution is -2.23. The van der Waals surface area contributed by atoms with Crippen molar-refractivity contribution in [3.63, 3.8) is 0 Å². The minimum Gasteiger partial charge on any atom is -0.398 e. The Balaban J connectivity index is 2.40. The Morgan fingerprint density at radius 2 is 1.94 bits per heavy atom. The maximum Gasteiger partial charge on any atom is 0.433 e. The van der Waals surface area contributed by atoms with Crippen molar-refractivity contribution >= 4 is 33.3 Å². The molecule has 0 aliphatic carbocycles. The van der Waals surface area contributed by atoms with Crippen molar-refractivity contribution in [1.29, 1.82) is 0 Å². The first-order chi connectivity index (χ1) is 14.6. The summed E-state index contributed by atoms with van der Waals surface area (Å²) in [5, 5.41) is 12.9. The standard InChI is InChI=1S/C20H23F3N4O4S/c1-19(2,29)13-10-14(24)12(11-25-7-8-32(3,30)31)9-16(13)27-18(28)15-5-4-6-17(26-15)20(21,22)23/h4-6,9-11,29H,7-8,24H2,1-3H3,(H,27,28). The summed E-state index contributed by atoms with van der Waals surface area (Å²) in [6.45, 7) is 2.88. The topological polar surface area (TPSA) is 135 Å². The van der Waals surface area contributed by atoms with E-state index < -0.39 is 38.9 Å². The molecule has 0 unspecified atom stereocenters. The summed E-state index contributed by atoms with van der Waals surface area (Å²) >= 11 is 0. The number of halogens is 3. The molecule has 2 aromatic rings. The molecule has 0 fully saturated rings. The Labute approximate surface area is 183 Å². The third-order valence-electron chi connectivity index (χ3n) is 4.22. The van der Waals surface area contributed by atoms with Crippen LogP contribution in [-0.4, -0.2) is 49.2 Å². The molecule has 1 aromatic carbocycles. The molecule has 4 N–H and O–H groups in total. The molecular formula is C20H23F3N4O4S. The highest BCUT2D eigenvalue weighted by Crippen LogP contribution is 2.32. The van der Waals surface area contributed by atoms with Crippen molar-refractivity contribution in [3.8, 4) is 0 Å². The Morgan fingerprint density at radius 1 is 1.28 bits per heavy atom. The fourth-order valence-electron chi connectivity index (χ4n) is 2.64. The molecule has 8 nitrogen and oxygen atoms in total. The summed E-state index contributed by atoms with van der Waals surface area (Å²) in [4.78, 5) is 19.9. The molecule has 1 amide bonds. The SMILES string of the molecule is CC(C)(O)c1cc(N)c(C=NCCS(C)(=O)=O)cc1NC(=O)c1cccc(C(F)(F)F)n1. The van der Waals surface area contributed by atoms with E-state index in [1.165, 1.54) is 32.2 Å². The maximum absolute atomic E-state index is 12.9. The number of aliphatic imine (C=N–C) groups is 1. The number of amides is 1. The molecule has 1 heterocycles. The first kappa shape index (κ1) is 25.3. The average molecular weight is 472 g/mol. The number of nitrogen functional groups attached to an aromatic ring is 1. The molecule has 0 spiro atoms. The van der Waals surface area contributed by atoms with Gasteiger partial charge >= 0.3 is 6.18 Å². The van der Waals surface area contributed by atoms with Crippen LogP contribution in [-0.2, 0) is 21.6 Å². The monoisotopic (exact) mass is 472 g/mol. The van der Waals surface area contributed by atoms with E-state index in [-0.39, 0.29) is 29.2 Å². The highest BCUT2D eigenvalue weighted by molar-refractivity contribution is 7.90. The van der Waals surface area contributed by atoms with E-state index in [1.54, 1.807) is 0 Å². The van der Waals surface area contributed by atoms with E-state index >= 15 is 0 Å². The highest BCUT2D eigenvalue weighted by Gasteiger charge is 2.33. The number of pyridine rings is 1. The number of aliphatic hydroxyl groups is 1. The van der Waals surface area contributed by atoms with Gasteiger partial charge in [0.15, 0.2) is 0 Å². The largest absolute Gasteiger partial charge is 0.433 e. The van der Waals surface area contributed by atoms with Crippen LogP contribution in [0.1, 0.15) is 41.2 Å². The number of nitrogens with one attached hydrogen (secondary N) is 1. The molecule has 0 atom stereocenters. The van der Waals surface area contributed by atoms with Crippen LogP contribution in [0.4, 0.5) is 24.5 Å². The number of nitrogens with two attached hydrogens (primary N) is 1. The van der Waals surface area contributed by atoms with Gasteiger partial charge in [-0.15, -0.1) is 0 Å². The minimum atomic E-state index is -4.72. The minimum absolute atomic E-state index is 0.0125. The summed E-state index contributed by atoms with van der Waals surface area (Å²) in [7, 11) is -3.21. The van der Waals surface area contributed by atoms with Crippen LogP contribution in [0.2, 0.25) is 0 Å². The number of nitrogens with zero attached hydrogens (tertiary/aromatic N) is 2. The Kier molecular flexibility index (Phi) is 7.30. The molecule has 0 saturated heterocycles. The van der Waals surface area contributed by atoms with Gasteiger partial charge in [0.2, 0.25) is 0 Å². The molecule has 0 radical (unpaired) electrons. The van der Waals surface area contributed by atoms with Gasteiger partial charge in [-0.3, -0.25) is 9.79 Å². The van der Waals surface area contributed by atoms with Crippen molar-refractivity contribution in [2.24, 2.45) is 4.99 Å². The number of hydrogen-bond donors (Lipinski definition) is 3. The van der Waals surface area contributed by atoms with Gasteiger partial charge in [0.05, 0.1) is 17.9 Å². The third kappa shape index (κ3) is 7.02. The van der Waals surface area contributed by atoms with Crippen LogP contribution in [0.5, 0.6) is 0 Å². The molecule has 0 saturated carbocycles. The zero-order valence-corrected chi connectivity index (χ0v) is 18.4. The summed E-state index contributed by atoms with van der Waals surface area (Å²) in [5.74, 6) is -1.10. The van der Waals surface area contributed by atoms with Gasteiger partial charge in [-0.25, -0.2) is 13.4 Å². The number of sulfone groups is 1. The van der Waals surface area contributed by atoms with E-state index in [0.29, 0.717) is 5.56 Å². The van der Waals surface area contributed by atoms with Crippen molar-refractivity contribution < 1.29 is 31.5 Å². The Morgan fingerprint density at radius 3 is 2.50 bits per heavy atom. The van der Waals surface area contributed by atoms with Crippen molar-refractivity contribution in [3.05, 3.63) is 52.8 Å². The fourth-order valence-corrected chi connectivity index (χ4v) is 3.08. The lowest BCUT2D eigenvalue weighted by atomic mass is 9.94. The first-order valence-electron chi connectivity index (χ1n) is 9.27. The molecule has 1 aromatic heterocycles. The second-order valence-electron chi connectivity index (χ2n) is 7.61. The number of hydrogen-bond acceptors (Lipinski definition) is 7. The number of alkyl halides is 3. The average Bonchev–Trinajstić information content (AvgIpc) is 2.65. The number of rotatable bonds is 7. The summed E-state index contributed by atoms with van der Waals surface area (Å²) in [6.07, 6.45) is -2.33. The predicted molar refractivity (Wildman–Crippen MR) is 115 cm³/mol. The van der Waals surface area contributed by atoms with E-state index in [9.17, 15) is 31.5 Å². The molecule has 2 rings (SSSR count). The molecule has 0 bridgehead atoms. The smallest absolute Gasteiger partial charge is 0.398 e. The molecule has 32 heavy (non-hydrogen) atoms. The van der Waals surface area contributed by atoms with Crippen LogP contribution in [0.25, 0.3) is 0 Å². The van der Waals surface area contributed by atoms with Crippen molar-refractivity contribution in [2.75, 3.05) is 29.6 Å². The van der Waals surface area contributed by atoms with Crippen LogP contribution in [0, 0.1) is 0 Å².